The fraction of sp³-hybridized carbons (Fsp3) is 0.467. The van der Waals surface area contributed by atoms with Gasteiger partial charge in [-0.3, -0.25) is 4.79 Å². The van der Waals surface area contributed by atoms with E-state index < -0.39 is 0 Å². The molecule has 21 heavy (non-hydrogen) atoms. The Kier molecular flexibility index (Phi) is 3.23. The summed E-state index contributed by atoms with van der Waals surface area (Å²) < 4.78 is 6.08. The number of halogens is 1. The van der Waals surface area contributed by atoms with E-state index in [0.29, 0.717) is 17.2 Å². The van der Waals surface area contributed by atoms with Crippen LogP contribution in [-0.4, -0.2) is 41.6 Å². The molecule has 110 valence electrons. The molecular weight excluding hydrogens is 334 g/mol. The molecule has 0 aliphatic carbocycles. The third-order valence-corrected chi connectivity index (χ3v) is 5.30. The highest BCUT2D eigenvalue weighted by Gasteiger charge is 2.35. The molecule has 5 rings (SSSR count). The summed E-state index contributed by atoms with van der Waals surface area (Å²) in [6.07, 6.45) is 2.35. The summed E-state index contributed by atoms with van der Waals surface area (Å²) in [5, 5.41) is 7.85. The van der Waals surface area contributed by atoms with Crippen molar-refractivity contribution >= 4 is 32.8 Å². The summed E-state index contributed by atoms with van der Waals surface area (Å²) in [6.45, 7) is 3.28. The van der Waals surface area contributed by atoms with E-state index in [1.165, 1.54) is 12.8 Å². The number of aromatic nitrogens is 1. The molecular formula is C15H16BrN3O2. The summed E-state index contributed by atoms with van der Waals surface area (Å²) in [4.78, 5) is 15.0. The van der Waals surface area contributed by atoms with Crippen LogP contribution in [0.2, 0.25) is 0 Å². The number of carbonyl (C=O) groups excluding carboxylic acids is 1. The van der Waals surface area contributed by atoms with Gasteiger partial charge in [-0.1, -0.05) is 11.2 Å². The fourth-order valence-electron chi connectivity index (χ4n) is 3.47. The minimum absolute atomic E-state index is 0.139. The van der Waals surface area contributed by atoms with Crippen LogP contribution in [0.25, 0.3) is 11.0 Å². The normalized spacial score (nSPS) is 28.0. The number of fused-ring (bicyclic) bond motifs is 4. The van der Waals surface area contributed by atoms with Crippen LogP contribution < -0.4 is 5.32 Å². The van der Waals surface area contributed by atoms with E-state index in [0.717, 1.165) is 29.5 Å². The second-order valence-corrected chi connectivity index (χ2v) is 6.72. The smallest absolute Gasteiger partial charge is 0.274 e. The Morgan fingerprint density at radius 3 is 2.90 bits per heavy atom. The highest BCUT2D eigenvalue weighted by Crippen LogP contribution is 2.29. The van der Waals surface area contributed by atoms with Gasteiger partial charge in [0, 0.05) is 17.1 Å². The number of hydrogen-bond acceptors (Lipinski definition) is 4. The van der Waals surface area contributed by atoms with Gasteiger partial charge in [0.05, 0.1) is 5.39 Å². The number of piperidine rings is 3. The lowest BCUT2D eigenvalue weighted by Gasteiger charge is -2.44. The molecule has 1 aromatic carbocycles. The molecule has 6 heteroatoms. The largest absolute Gasteiger partial charge is 0.355 e. The zero-order chi connectivity index (χ0) is 14.4. The van der Waals surface area contributed by atoms with Gasteiger partial charge in [-0.25, -0.2) is 0 Å². The molecule has 0 saturated carbocycles. The van der Waals surface area contributed by atoms with Crippen molar-refractivity contribution in [2.75, 3.05) is 19.6 Å². The van der Waals surface area contributed by atoms with Crippen LogP contribution in [0.1, 0.15) is 23.3 Å². The standard InChI is InChI=1S/C15H16BrN3O2/c16-10-2-1-3-12-13(10)14(18-21-12)15(20)17-11-8-19-6-4-9(11)5-7-19/h1-3,9,11H,4-8H2,(H,17,20)/t11-/m1/s1. The molecule has 3 aliphatic heterocycles. The minimum Gasteiger partial charge on any atom is -0.355 e. The van der Waals surface area contributed by atoms with Crippen LogP contribution in [0, 0.1) is 5.92 Å². The Balaban J connectivity index is 1.59. The zero-order valence-electron chi connectivity index (χ0n) is 11.5. The summed E-state index contributed by atoms with van der Waals surface area (Å²) in [6, 6.07) is 5.81. The lowest BCUT2D eigenvalue weighted by molar-refractivity contribution is 0.0616. The van der Waals surface area contributed by atoms with Gasteiger partial charge in [-0.2, -0.15) is 0 Å². The van der Waals surface area contributed by atoms with Crippen LogP contribution in [0.4, 0.5) is 0 Å². The van der Waals surface area contributed by atoms with Crippen molar-refractivity contribution < 1.29 is 9.32 Å². The Morgan fingerprint density at radius 1 is 1.38 bits per heavy atom. The Bertz CT molecular complexity index is 691. The van der Waals surface area contributed by atoms with Gasteiger partial charge in [0.2, 0.25) is 0 Å². The van der Waals surface area contributed by atoms with E-state index in [-0.39, 0.29) is 11.9 Å². The third kappa shape index (κ3) is 2.26. The van der Waals surface area contributed by atoms with Crippen molar-refractivity contribution in [3.8, 4) is 0 Å². The van der Waals surface area contributed by atoms with E-state index >= 15 is 0 Å². The molecule has 3 saturated heterocycles. The molecule has 2 bridgehead atoms. The summed E-state index contributed by atoms with van der Waals surface area (Å²) in [5.74, 6) is 0.458. The Hall–Kier alpha value is -1.40. The highest BCUT2D eigenvalue weighted by molar-refractivity contribution is 9.10. The maximum atomic E-state index is 12.5. The van der Waals surface area contributed by atoms with E-state index in [2.05, 4.69) is 31.3 Å². The van der Waals surface area contributed by atoms with Crippen LogP contribution in [0.15, 0.2) is 27.2 Å². The number of benzene rings is 1. The van der Waals surface area contributed by atoms with Gasteiger partial charge in [0.1, 0.15) is 0 Å². The summed E-state index contributed by atoms with van der Waals surface area (Å²) in [7, 11) is 0. The molecule has 1 atom stereocenters. The average molecular weight is 350 g/mol. The predicted molar refractivity (Wildman–Crippen MR) is 82.1 cm³/mol. The van der Waals surface area contributed by atoms with Crippen LogP contribution in [0.3, 0.4) is 0 Å². The summed E-state index contributed by atoms with van der Waals surface area (Å²) in [5.41, 5.74) is 0.998. The number of nitrogens with zero attached hydrogens (tertiary/aromatic N) is 2. The van der Waals surface area contributed by atoms with Crippen molar-refractivity contribution in [1.82, 2.24) is 15.4 Å². The maximum absolute atomic E-state index is 12.5. The maximum Gasteiger partial charge on any atom is 0.274 e. The topological polar surface area (TPSA) is 58.4 Å². The lowest BCUT2D eigenvalue weighted by Crippen LogP contribution is -2.57. The first kappa shape index (κ1) is 13.3. The van der Waals surface area contributed by atoms with Crippen molar-refractivity contribution in [2.45, 2.75) is 18.9 Å². The third-order valence-electron chi connectivity index (χ3n) is 4.64. The second-order valence-electron chi connectivity index (χ2n) is 5.86. The number of nitrogens with one attached hydrogen (secondary N) is 1. The number of rotatable bonds is 2. The van der Waals surface area contributed by atoms with Gasteiger partial charge in [0.15, 0.2) is 11.3 Å². The first-order valence-corrected chi connectivity index (χ1v) is 8.09. The van der Waals surface area contributed by atoms with Crippen molar-refractivity contribution in [1.29, 1.82) is 0 Å². The van der Waals surface area contributed by atoms with Crippen molar-refractivity contribution in [3.63, 3.8) is 0 Å². The summed E-state index contributed by atoms with van der Waals surface area (Å²) >= 11 is 3.46. The first-order valence-electron chi connectivity index (χ1n) is 7.29. The molecule has 2 aromatic rings. The van der Waals surface area contributed by atoms with E-state index in [4.69, 9.17) is 4.52 Å². The average Bonchev–Trinajstić information content (AvgIpc) is 2.94. The highest BCUT2D eigenvalue weighted by atomic mass is 79.9. The second kappa shape index (κ2) is 5.10. The van der Waals surface area contributed by atoms with Gasteiger partial charge in [0.25, 0.3) is 5.91 Å². The Labute approximate surface area is 130 Å². The monoisotopic (exact) mass is 349 g/mol. The quantitative estimate of drug-likeness (QED) is 0.904. The van der Waals surface area contributed by atoms with Crippen molar-refractivity contribution in [3.05, 3.63) is 28.4 Å². The fourth-order valence-corrected chi connectivity index (χ4v) is 4.01. The van der Waals surface area contributed by atoms with E-state index in [1.54, 1.807) is 0 Å². The number of carbonyl (C=O) groups is 1. The molecule has 4 heterocycles. The number of hydrogen-bond donors (Lipinski definition) is 1. The molecule has 1 amide bonds. The molecule has 0 spiro atoms. The van der Waals surface area contributed by atoms with E-state index in [9.17, 15) is 4.79 Å². The Morgan fingerprint density at radius 2 is 2.19 bits per heavy atom. The van der Waals surface area contributed by atoms with Gasteiger partial charge in [-0.05, 0) is 59.9 Å². The van der Waals surface area contributed by atoms with Crippen LogP contribution in [0.5, 0.6) is 0 Å². The molecule has 3 aliphatic rings. The van der Waals surface area contributed by atoms with Gasteiger partial charge < -0.3 is 14.7 Å². The van der Waals surface area contributed by atoms with Crippen molar-refractivity contribution in [2.24, 2.45) is 5.92 Å². The molecule has 5 nitrogen and oxygen atoms in total. The minimum atomic E-state index is -0.139. The van der Waals surface area contributed by atoms with Crippen LogP contribution in [-0.2, 0) is 0 Å². The van der Waals surface area contributed by atoms with Crippen LogP contribution >= 0.6 is 15.9 Å². The molecule has 1 N–H and O–H groups in total. The number of amides is 1. The predicted octanol–water partition coefficient (Wildman–Crippen LogP) is 2.41. The lowest BCUT2D eigenvalue weighted by atomic mass is 9.84. The van der Waals surface area contributed by atoms with Gasteiger partial charge in [-0.15, -0.1) is 0 Å². The van der Waals surface area contributed by atoms with E-state index in [1.807, 2.05) is 18.2 Å². The van der Waals surface area contributed by atoms with Gasteiger partial charge >= 0.3 is 0 Å². The first-order chi connectivity index (χ1) is 10.2. The molecule has 0 unspecified atom stereocenters. The molecule has 3 fully saturated rings. The molecule has 0 radical (unpaired) electrons. The molecule has 1 aromatic heterocycles. The zero-order valence-corrected chi connectivity index (χ0v) is 13.1. The SMILES string of the molecule is O=C(N[C@@H]1CN2CCC1CC2)c1noc2cccc(Br)c12.